The molecule has 0 amide bonds. The van der Waals surface area contributed by atoms with Crippen molar-refractivity contribution < 1.29 is 27.7 Å². The summed E-state index contributed by atoms with van der Waals surface area (Å²) in [5, 5.41) is 0. The lowest BCUT2D eigenvalue weighted by Gasteiger charge is -2.29. The van der Waals surface area contributed by atoms with E-state index in [4.69, 9.17) is 13.3 Å². The molecule has 7 heteroatoms. The molecule has 0 bridgehead atoms. The number of hydrogen-bond acceptors (Lipinski definition) is 6. The summed E-state index contributed by atoms with van der Waals surface area (Å²) in [7, 11) is -3.67. The average Bonchev–Trinajstić information content (AvgIpc) is 2.31. The zero-order valence-corrected chi connectivity index (χ0v) is 14.6. The van der Waals surface area contributed by atoms with Gasteiger partial charge in [-0.1, -0.05) is 39.5 Å². The highest BCUT2D eigenvalue weighted by Crippen LogP contribution is 2.28. The van der Waals surface area contributed by atoms with Gasteiger partial charge in [0.05, 0.1) is 6.04 Å². The Morgan fingerprint density at radius 1 is 0.905 bits per heavy atom. The van der Waals surface area contributed by atoms with Crippen molar-refractivity contribution in [1.29, 1.82) is 0 Å². The van der Waals surface area contributed by atoms with Gasteiger partial charge in [0.25, 0.3) is 17.9 Å². The Labute approximate surface area is 127 Å². The van der Waals surface area contributed by atoms with Crippen molar-refractivity contribution in [2.45, 2.75) is 66.3 Å². The first-order valence-corrected chi connectivity index (χ1v) is 9.26. The molecule has 0 radical (unpaired) electrons. The van der Waals surface area contributed by atoms with E-state index in [2.05, 4.69) is 6.92 Å². The van der Waals surface area contributed by atoms with E-state index in [0.29, 0.717) is 0 Å². The van der Waals surface area contributed by atoms with E-state index in [1.54, 1.807) is 0 Å². The number of unbranched alkanes of at least 4 members (excludes halogenated alkanes) is 1. The zero-order chi connectivity index (χ0) is 16.5. The van der Waals surface area contributed by atoms with Crippen molar-refractivity contribution in [3.63, 3.8) is 0 Å². The molecule has 0 aliphatic carbocycles. The van der Waals surface area contributed by atoms with Gasteiger partial charge in [0.2, 0.25) is 0 Å². The minimum Gasteiger partial charge on any atom is -0.455 e. The molecule has 0 saturated carbocycles. The molecule has 1 atom stereocenters. The summed E-state index contributed by atoms with van der Waals surface area (Å²) in [6.07, 6.45) is 3.80. The van der Waals surface area contributed by atoms with Gasteiger partial charge in [0.1, 0.15) is 0 Å². The molecule has 0 aliphatic rings. The van der Waals surface area contributed by atoms with Crippen LogP contribution in [0.25, 0.3) is 0 Å². The maximum absolute atomic E-state index is 11.3. The van der Waals surface area contributed by atoms with Gasteiger partial charge in [-0.05, 0) is 5.92 Å². The van der Waals surface area contributed by atoms with Gasteiger partial charge in [-0.25, -0.2) is 0 Å². The Bertz CT molecular complexity index is 328. The average molecular weight is 318 g/mol. The highest BCUT2D eigenvalue weighted by atomic mass is 28.4. The van der Waals surface area contributed by atoms with Gasteiger partial charge in [0, 0.05) is 20.8 Å². The van der Waals surface area contributed by atoms with Gasteiger partial charge in [-0.3, -0.25) is 14.4 Å². The molecule has 0 aromatic rings. The zero-order valence-electron chi connectivity index (χ0n) is 13.6. The lowest BCUT2D eigenvalue weighted by molar-refractivity contribution is -0.148. The molecule has 0 fully saturated rings. The second kappa shape index (κ2) is 9.54. The van der Waals surface area contributed by atoms with Crippen molar-refractivity contribution in [3.05, 3.63) is 0 Å². The van der Waals surface area contributed by atoms with Crippen LogP contribution in [0, 0.1) is 5.92 Å². The van der Waals surface area contributed by atoms with E-state index in [9.17, 15) is 14.4 Å². The normalized spacial score (nSPS) is 12.4. The SMILES string of the molecule is CCCCC(CC)C[Si](OC(C)=O)(OC(C)=O)OC(C)=O. The quantitative estimate of drug-likeness (QED) is 0.608. The highest BCUT2D eigenvalue weighted by molar-refractivity contribution is 6.65. The van der Waals surface area contributed by atoms with Crippen molar-refractivity contribution in [1.82, 2.24) is 0 Å². The van der Waals surface area contributed by atoms with Crippen molar-refractivity contribution in [2.24, 2.45) is 5.92 Å². The molecular weight excluding hydrogens is 292 g/mol. The maximum Gasteiger partial charge on any atom is 0.705 e. The van der Waals surface area contributed by atoms with Crippen molar-refractivity contribution in [3.8, 4) is 0 Å². The Hall–Kier alpha value is -1.37. The number of rotatable bonds is 9. The molecule has 6 nitrogen and oxygen atoms in total. The van der Waals surface area contributed by atoms with Crippen LogP contribution >= 0.6 is 0 Å². The number of carbonyl (C=O) groups excluding carboxylic acids is 3. The fourth-order valence-electron chi connectivity index (χ4n) is 2.14. The van der Waals surface area contributed by atoms with Gasteiger partial charge < -0.3 is 13.3 Å². The lowest BCUT2D eigenvalue weighted by Crippen LogP contribution is -2.50. The Morgan fingerprint density at radius 3 is 1.62 bits per heavy atom. The molecule has 0 aromatic heterocycles. The molecule has 0 aliphatic heterocycles. The van der Waals surface area contributed by atoms with Crippen LogP contribution in [-0.2, 0) is 27.7 Å². The molecule has 122 valence electrons. The standard InChI is InChI=1S/C14H26O6Si/c1-6-8-9-14(7-2)10-21(18-11(3)15,19-12(4)16)20-13(5)17/h14H,6-10H2,1-5H3. The summed E-state index contributed by atoms with van der Waals surface area (Å²) in [6, 6.07) is 0.280. The first kappa shape index (κ1) is 19.6. The molecule has 0 spiro atoms. The summed E-state index contributed by atoms with van der Waals surface area (Å²) in [4.78, 5) is 34.0. The van der Waals surface area contributed by atoms with Crippen LogP contribution in [0.4, 0.5) is 0 Å². The van der Waals surface area contributed by atoms with Crippen LogP contribution in [0.3, 0.4) is 0 Å². The molecule has 0 N–H and O–H groups in total. The van der Waals surface area contributed by atoms with Crippen molar-refractivity contribution >= 4 is 26.7 Å². The minimum absolute atomic E-state index is 0.176. The predicted molar refractivity (Wildman–Crippen MR) is 79.2 cm³/mol. The summed E-state index contributed by atoms with van der Waals surface area (Å²) < 4.78 is 15.6. The van der Waals surface area contributed by atoms with E-state index >= 15 is 0 Å². The van der Waals surface area contributed by atoms with Crippen LogP contribution in [0.2, 0.25) is 6.04 Å². The smallest absolute Gasteiger partial charge is 0.455 e. The van der Waals surface area contributed by atoms with E-state index in [1.807, 2.05) is 6.92 Å². The molecule has 0 heterocycles. The lowest BCUT2D eigenvalue weighted by atomic mass is 10.0. The van der Waals surface area contributed by atoms with E-state index < -0.39 is 26.7 Å². The molecule has 0 aromatic carbocycles. The van der Waals surface area contributed by atoms with Crippen LogP contribution in [0.1, 0.15) is 60.3 Å². The van der Waals surface area contributed by atoms with Crippen LogP contribution in [0.5, 0.6) is 0 Å². The third-order valence-electron chi connectivity index (χ3n) is 2.98. The van der Waals surface area contributed by atoms with Gasteiger partial charge in [-0.15, -0.1) is 0 Å². The van der Waals surface area contributed by atoms with Crippen LogP contribution in [-0.4, -0.2) is 26.7 Å². The number of carbonyl (C=O) groups is 3. The van der Waals surface area contributed by atoms with Gasteiger partial charge >= 0.3 is 8.80 Å². The summed E-state index contributed by atoms with van der Waals surface area (Å²) in [6.45, 7) is 7.72. The van der Waals surface area contributed by atoms with E-state index in [0.717, 1.165) is 25.7 Å². The van der Waals surface area contributed by atoms with E-state index in [-0.39, 0.29) is 12.0 Å². The second-order valence-electron chi connectivity index (χ2n) is 5.08. The molecule has 1 unspecified atom stereocenters. The maximum atomic E-state index is 11.3. The molecule has 0 rings (SSSR count). The Kier molecular flexibility index (Phi) is 8.92. The third-order valence-corrected chi connectivity index (χ3v) is 5.85. The summed E-state index contributed by atoms with van der Waals surface area (Å²) in [5.74, 6) is -1.67. The first-order valence-electron chi connectivity index (χ1n) is 7.33. The Morgan fingerprint density at radius 2 is 1.33 bits per heavy atom. The van der Waals surface area contributed by atoms with Gasteiger partial charge in [0.15, 0.2) is 0 Å². The van der Waals surface area contributed by atoms with E-state index in [1.165, 1.54) is 20.8 Å². The third kappa shape index (κ3) is 8.49. The van der Waals surface area contributed by atoms with Crippen molar-refractivity contribution in [2.75, 3.05) is 0 Å². The fraction of sp³-hybridized carbons (Fsp3) is 0.786. The largest absolute Gasteiger partial charge is 0.705 e. The minimum atomic E-state index is -3.67. The topological polar surface area (TPSA) is 78.9 Å². The first-order chi connectivity index (χ1) is 9.74. The second-order valence-corrected chi connectivity index (χ2v) is 7.47. The Balaban J connectivity index is 5.23. The summed E-state index contributed by atoms with van der Waals surface area (Å²) >= 11 is 0. The molecule has 21 heavy (non-hydrogen) atoms. The van der Waals surface area contributed by atoms with Crippen LogP contribution < -0.4 is 0 Å². The van der Waals surface area contributed by atoms with Gasteiger partial charge in [-0.2, -0.15) is 0 Å². The summed E-state index contributed by atoms with van der Waals surface area (Å²) in [5.41, 5.74) is 0. The fourth-order valence-corrected chi connectivity index (χ4v) is 5.03. The monoisotopic (exact) mass is 318 g/mol. The predicted octanol–water partition coefficient (Wildman–Crippen LogP) is 2.83. The number of hydrogen-bond donors (Lipinski definition) is 0. The van der Waals surface area contributed by atoms with Crippen LogP contribution in [0.15, 0.2) is 0 Å². The molecular formula is C14H26O6Si. The molecule has 0 saturated heterocycles. The highest BCUT2D eigenvalue weighted by Gasteiger charge is 2.52.